The van der Waals surface area contributed by atoms with E-state index in [1.807, 2.05) is 35.0 Å². The topological polar surface area (TPSA) is 57.7 Å². The lowest BCUT2D eigenvalue weighted by Crippen LogP contribution is -2.49. The van der Waals surface area contributed by atoms with Crippen molar-refractivity contribution in [2.75, 3.05) is 46.9 Å². The number of methoxy groups -OCH3 is 1. The van der Waals surface area contributed by atoms with Gasteiger partial charge in [0.1, 0.15) is 0 Å². The average molecular weight is 278 g/mol. The largest absolute Gasteiger partial charge is 0.481 e. The maximum atomic E-state index is 12.1. The fourth-order valence-electron chi connectivity index (χ4n) is 2.24. The minimum atomic E-state index is 0.178. The first-order valence-electron chi connectivity index (χ1n) is 6.86. The van der Waals surface area contributed by atoms with Gasteiger partial charge in [0.05, 0.1) is 19.3 Å². The molecule has 1 saturated heterocycles. The molecule has 1 N–H and O–H groups in total. The molecule has 6 nitrogen and oxygen atoms in total. The van der Waals surface area contributed by atoms with E-state index < -0.39 is 0 Å². The number of amides is 1. The fraction of sp³-hybridized carbons (Fsp3) is 0.571. The van der Waals surface area contributed by atoms with Crippen molar-refractivity contribution in [3.8, 4) is 5.88 Å². The molecule has 20 heavy (non-hydrogen) atoms. The summed E-state index contributed by atoms with van der Waals surface area (Å²) in [6.07, 6.45) is 0. The van der Waals surface area contributed by atoms with Crippen LogP contribution in [0, 0.1) is 0 Å². The van der Waals surface area contributed by atoms with E-state index in [9.17, 15) is 4.79 Å². The Kier molecular flexibility index (Phi) is 5.31. The van der Waals surface area contributed by atoms with Gasteiger partial charge in [-0.3, -0.25) is 9.69 Å². The molecule has 2 heterocycles. The maximum absolute atomic E-state index is 12.1. The summed E-state index contributed by atoms with van der Waals surface area (Å²) in [5.41, 5.74) is 0.903. The second kappa shape index (κ2) is 7.21. The van der Waals surface area contributed by atoms with Gasteiger partial charge in [-0.2, -0.15) is 0 Å². The van der Waals surface area contributed by atoms with Crippen LogP contribution in [0.4, 0.5) is 0 Å². The number of carbonyl (C=O) groups is 1. The van der Waals surface area contributed by atoms with Crippen LogP contribution >= 0.6 is 0 Å². The number of ether oxygens (including phenoxy) is 1. The summed E-state index contributed by atoms with van der Waals surface area (Å²) in [7, 11) is 3.53. The van der Waals surface area contributed by atoms with Gasteiger partial charge in [0, 0.05) is 38.8 Å². The SMILES string of the molecule is COc1cccc(CN(C)CC(=O)N2CCNCC2)n1. The van der Waals surface area contributed by atoms with Gasteiger partial charge < -0.3 is 15.0 Å². The number of likely N-dealkylation sites (N-methyl/N-ethyl adjacent to an activating group) is 1. The molecule has 0 aliphatic carbocycles. The molecule has 1 fully saturated rings. The average Bonchev–Trinajstić information content (AvgIpc) is 2.48. The van der Waals surface area contributed by atoms with E-state index in [0.29, 0.717) is 19.0 Å². The van der Waals surface area contributed by atoms with Gasteiger partial charge >= 0.3 is 0 Å². The normalized spacial score (nSPS) is 15.4. The maximum Gasteiger partial charge on any atom is 0.236 e. The van der Waals surface area contributed by atoms with Crippen LogP contribution in [-0.4, -0.2) is 67.6 Å². The Bertz CT molecular complexity index is 447. The van der Waals surface area contributed by atoms with Crippen molar-refractivity contribution in [3.05, 3.63) is 23.9 Å². The summed E-state index contributed by atoms with van der Waals surface area (Å²) in [6.45, 7) is 4.40. The Morgan fingerprint density at radius 2 is 2.20 bits per heavy atom. The van der Waals surface area contributed by atoms with E-state index in [1.165, 1.54) is 0 Å². The molecule has 1 aliphatic rings. The van der Waals surface area contributed by atoms with Gasteiger partial charge in [-0.15, -0.1) is 0 Å². The van der Waals surface area contributed by atoms with Crippen molar-refractivity contribution in [2.24, 2.45) is 0 Å². The Labute approximate surface area is 119 Å². The molecule has 1 aliphatic heterocycles. The summed E-state index contributed by atoms with van der Waals surface area (Å²) in [4.78, 5) is 20.4. The van der Waals surface area contributed by atoms with E-state index in [2.05, 4.69) is 10.3 Å². The number of carbonyl (C=O) groups excluding carboxylic acids is 1. The molecule has 0 saturated carbocycles. The van der Waals surface area contributed by atoms with E-state index in [4.69, 9.17) is 4.74 Å². The Hall–Kier alpha value is -1.66. The third-order valence-corrected chi connectivity index (χ3v) is 3.30. The van der Waals surface area contributed by atoms with E-state index >= 15 is 0 Å². The Balaban J connectivity index is 1.84. The van der Waals surface area contributed by atoms with Crippen LogP contribution in [0.25, 0.3) is 0 Å². The zero-order chi connectivity index (χ0) is 14.4. The zero-order valence-electron chi connectivity index (χ0n) is 12.1. The fourth-order valence-corrected chi connectivity index (χ4v) is 2.24. The molecular weight excluding hydrogens is 256 g/mol. The lowest BCUT2D eigenvalue weighted by Gasteiger charge is -2.29. The predicted molar refractivity (Wildman–Crippen MR) is 76.6 cm³/mol. The first kappa shape index (κ1) is 14.7. The van der Waals surface area contributed by atoms with Crippen LogP contribution in [-0.2, 0) is 11.3 Å². The van der Waals surface area contributed by atoms with Gasteiger partial charge in [-0.1, -0.05) is 6.07 Å². The van der Waals surface area contributed by atoms with E-state index in [-0.39, 0.29) is 5.91 Å². The molecule has 0 aromatic carbocycles. The highest BCUT2D eigenvalue weighted by atomic mass is 16.5. The Morgan fingerprint density at radius 1 is 1.45 bits per heavy atom. The van der Waals surface area contributed by atoms with Crippen molar-refractivity contribution in [1.82, 2.24) is 20.1 Å². The van der Waals surface area contributed by atoms with Gasteiger partial charge in [-0.05, 0) is 13.1 Å². The third-order valence-electron chi connectivity index (χ3n) is 3.30. The molecular formula is C14H22N4O2. The van der Waals surface area contributed by atoms with Crippen LogP contribution < -0.4 is 10.1 Å². The number of hydrogen-bond donors (Lipinski definition) is 1. The molecule has 0 spiro atoms. The Morgan fingerprint density at radius 3 is 2.90 bits per heavy atom. The summed E-state index contributed by atoms with van der Waals surface area (Å²) < 4.78 is 5.10. The highest BCUT2D eigenvalue weighted by Crippen LogP contribution is 2.08. The number of hydrogen-bond acceptors (Lipinski definition) is 5. The number of piperazine rings is 1. The number of nitrogens with zero attached hydrogens (tertiary/aromatic N) is 3. The van der Waals surface area contributed by atoms with Crippen LogP contribution in [0.3, 0.4) is 0 Å². The van der Waals surface area contributed by atoms with Crippen LogP contribution in [0.15, 0.2) is 18.2 Å². The van der Waals surface area contributed by atoms with Gasteiger partial charge in [0.2, 0.25) is 11.8 Å². The quantitative estimate of drug-likeness (QED) is 0.818. The molecule has 2 rings (SSSR count). The monoisotopic (exact) mass is 278 g/mol. The molecule has 0 radical (unpaired) electrons. The molecule has 110 valence electrons. The van der Waals surface area contributed by atoms with Gasteiger partial charge in [0.15, 0.2) is 0 Å². The predicted octanol–water partition coefficient (Wildman–Crippen LogP) is -0.0462. The summed E-state index contributed by atoms with van der Waals surface area (Å²) >= 11 is 0. The van der Waals surface area contributed by atoms with E-state index in [1.54, 1.807) is 7.11 Å². The lowest BCUT2D eigenvalue weighted by atomic mass is 10.3. The second-order valence-corrected chi connectivity index (χ2v) is 4.97. The summed E-state index contributed by atoms with van der Waals surface area (Å²) in [5.74, 6) is 0.779. The molecule has 6 heteroatoms. The van der Waals surface area contributed by atoms with E-state index in [0.717, 1.165) is 31.9 Å². The number of aromatic nitrogens is 1. The lowest BCUT2D eigenvalue weighted by molar-refractivity contribution is -0.132. The van der Waals surface area contributed by atoms with Crippen LogP contribution in [0.2, 0.25) is 0 Å². The van der Waals surface area contributed by atoms with Gasteiger partial charge in [0.25, 0.3) is 0 Å². The smallest absolute Gasteiger partial charge is 0.236 e. The number of nitrogens with one attached hydrogen (secondary N) is 1. The van der Waals surface area contributed by atoms with Crippen LogP contribution in [0.5, 0.6) is 5.88 Å². The summed E-state index contributed by atoms with van der Waals surface area (Å²) in [6, 6.07) is 5.66. The summed E-state index contributed by atoms with van der Waals surface area (Å²) in [5, 5.41) is 3.24. The standard InChI is InChI=1S/C14H22N4O2/c1-17(10-12-4-3-5-13(16-12)20-2)11-14(19)18-8-6-15-7-9-18/h3-5,15H,6-11H2,1-2H3. The molecule has 0 unspecified atom stereocenters. The molecule has 0 bridgehead atoms. The molecule has 0 atom stereocenters. The van der Waals surface area contributed by atoms with Crippen molar-refractivity contribution in [3.63, 3.8) is 0 Å². The molecule has 1 aromatic rings. The second-order valence-electron chi connectivity index (χ2n) is 4.97. The highest BCUT2D eigenvalue weighted by molar-refractivity contribution is 5.78. The first-order chi connectivity index (χ1) is 9.69. The number of rotatable bonds is 5. The van der Waals surface area contributed by atoms with Crippen molar-refractivity contribution in [1.29, 1.82) is 0 Å². The van der Waals surface area contributed by atoms with Crippen molar-refractivity contribution >= 4 is 5.91 Å². The van der Waals surface area contributed by atoms with Crippen molar-refractivity contribution in [2.45, 2.75) is 6.54 Å². The van der Waals surface area contributed by atoms with Crippen molar-refractivity contribution < 1.29 is 9.53 Å². The van der Waals surface area contributed by atoms with Crippen LogP contribution in [0.1, 0.15) is 5.69 Å². The first-order valence-corrected chi connectivity index (χ1v) is 6.86. The minimum absolute atomic E-state index is 0.178. The minimum Gasteiger partial charge on any atom is -0.481 e. The zero-order valence-corrected chi connectivity index (χ0v) is 12.1. The van der Waals surface area contributed by atoms with Gasteiger partial charge in [-0.25, -0.2) is 4.98 Å². The highest BCUT2D eigenvalue weighted by Gasteiger charge is 2.17. The third kappa shape index (κ3) is 4.18. The molecule has 1 aromatic heterocycles. The number of pyridine rings is 1. The molecule has 1 amide bonds.